The van der Waals surface area contributed by atoms with Gasteiger partial charge in [0.05, 0.1) is 0 Å². The molecule has 0 aliphatic carbocycles. The van der Waals surface area contributed by atoms with Crippen LogP contribution >= 0.6 is 23.2 Å². The van der Waals surface area contributed by atoms with Gasteiger partial charge in [-0.05, 0) is 37.1 Å². The van der Waals surface area contributed by atoms with Crippen LogP contribution in [0, 0.1) is 5.92 Å². The summed E-state index contributed by atoms with van der Waals surface area (Å²) in [5.74, 6) is 0.396. The SMILES string of the molecule is NCC1CCN(C(=O)/C=C/c2c(Cl)cccc2Cl)C1. The maximum absolute atomic E-state index is 12.0. The van der Waals surface area contributed by atoms with Crippen LogP contribution in [0.4, 0.5) is 0 Å². The molecule has 1 aromatic carbocycles. The van der Waals surface area contributed by atoms with Crippen molar-refractivity contribution in [1.82, 2.24) is 4.90 Å². The summed E-state index contributed by atoms with van der Waals surface area (Å²) in [6, 6.07) is 5.27. The van der Waals surface area contributed by atoms with Crippen LogP contribution in [-0.2, 0) is 4.79 Å². The first-order valence-electron chi connectivity index (χ1n) is 6.23. The van der Waals surface area contributed by atoms with E-state index < -0.39 is 0 Å². The molecule has 1 aromatic rings. The number of carbonyl (C=O) groups excluding carboxylic acids is 1. The number of likely N-dealkylation sites (tertiary alicyclic amines) is 1. The summed E-state index contributed by atoms with van der Waals surface area (Å²) in [6.45, 7) is 2.13. The number of halogens is 2. The minimum Gasteiger partial charge on any atom is -0.339 e. The lowest BCUT2D eigenvalue weighted by Crippen LogP contribution is -2.28. The highest BCUT2D eigenvalue weighted by atomic mass is 35.5. The van der Waals surface area contributed by atoms with Gasteiger partial charge in [0.25, 0.3) is 0 Å². The Bertz CT molecular complexity index is 482. The van der Waals surface area contributed by atoms with Crippen molar-refractivity contribution in [2.24, 2.45) is 11.7 Å². The van der Waals surface area contributed by atoms with Crippen LogP contribution in [0.15, 0.2) is 24.3 Å². The summed E-state index contributed by atoms with van der Waals surface area (Å²) < 4.78 is 0. The molecular weight excluding hydrogens is 283 g/mol. The van der Waals surface area contributed by atoms with Crippen molar-refractivity contribution in [2.45, 2.75) is 6.42 Å². The second kappa shape index (κ2) is 6.42. The second-order valence-corrected chi connectivity index (χ2v) is 5.46. The molecular formula is C14H16Cl2N2O. The van der Waals surface area contributed by atoms with E-state index in [9.17, 15) is 4.79 Å². The number of rotatable bonds is 3. The van der Waals surface area contributed by atoms with E-state index in [-0.39, 0.29) is 5.91 Å². The molecule has 19 heavy (non-hydrogen) atoms. The fourth-order valence-corrected chi connectivity index (χ4v) is 2.68. The summed E-state index contributed by atoms with van der Waals surface area (Å²) >= 11 is 12.1. The van der Waals surface area contributed by atoms with Crippen LogP contribution in [-0.4, -0.2) is 30.4 Å². The highest BCUT2D eigenvalue weighted by Gasteiger charge is 2.23. The number of nitrogens with two attached hydrogens (primary N) is 1. The topological polar surface area (TPSA) is 46.3 Å². The summed E-state index contributed by atoms with van der Waals surface area (Å²) in [4.78, 5) is 13.8. The monoisotopic (exact) mass is 298 g/mol. The van der Waals surface area contributed by atoms with Gasteiger partial charge in [-0.25, -0.2) is 0 Å². The van der Waals surface area contributed by atoms with Gasteiger partial charge in [-0.3, -0.25) is 4.79 Å². The normalized spacial score (nSPS) is 19.3. The second-order valence-electron chi connectivity index (χ2n) is 4.64. The third kappa shape index (κ3) is 3.50. The zero-order valence-corrected chi connectivity index (χ0v) is 12.0. The predicted octanol–water partition coefficient (Wildman–Crippen LogP) is 2.81. The van der Waals surface area contributed by atoms with E-state index in [4.69, 9.17) is 28.9 Å². The molecule has 102 valence electrons. The first-order chi connectivity index (χ1) is 9.11. The predicted molar refractivity (Wildman–Crippen MR) is 79.2 cm³/mol. The fraction of sp³-hybridized carbons (Fsp3) is 0.357. The van der Waals surface area contributed by atoms with E-state index in [2.05, 4.69) is 0 Å². The van der Waals surface area contributed by atoms with Crippen LogP contribution in [0.3, 0.4) is 0 Å². The third-order valence-corrected chi connectivity index (χ3v) is 3.98. The van der Waals surface area contributed by atoms with E-state index in [0.29, 0.717) is 28.1 Å². The zero-order chi connectivity index (χ0) is 13.8. The lowest BCUT2D eigenvalue weighted by Gasteiger charge is -2.13. The summed E-state index contributed by atoms with van der Waals surface area (Å²) in [5, 5.41) is 1.08. The molecule has 1 saturated heterocycles. The van der Waals surface area contributed by atoms with Crippen molar-refractivity contribution in [1.29, 1.82) is 0 Å². The van der Waals surface area contributed by atoms with Crippen LogP contribution in [0.1, 0.15) is 12.0 Å². The Morgan fingerprint density at radius 1 is 1.42 bits per heavy atom. The van der Waals surface area contributed by atoms with Crippen LogP contribution in [0.25, 0.3) is 6.08 Å². The third-order valence-electron chi connectivity index (χ3n) is 3.32. The Labute approximate surface area is 123 Å². The van der Waals surface area contributed by atoms with Crippen molar-refractivity contribution in [2.75, 3.05) is 19.6 Å². The van der Waals surface area contributed by atoms with Gasteiger partial charge in [0, 0.05) is 34.8 Å². The van der Waals surface area contributed by atoms with E-state index in [1.165, 1.54) is 6.08 Å². The highest BCUT2D eigenvalue weighted by Crippen LogP contribution is 2.25. The van der Waals surface area contributed by atoms with E-state index in [1.807, 2.05) is 0 Å². The van der Waals surface area contributed by atoms with E-state index in [0.717, 1.165) is 19.5 Å². The van der Waals surface area contributed by atoms with Gasteiger partial charge in [-0.2, -0.15) is 0 Å². The molecule has 0 spiro atoms. The maximum Gasteiger partial charge on any atom is 0.246 e. The molecule has 0 aromatic heterocycles. The molecule has 1 atom stereocenters. The minimum atomic E-state index is -0.0214. The summed E-state index contributed by atoms with van der Waals surface area (Å²) in [7, 11) is 0. The Hall–Kier alpha value is -1.03. The molecule has 1 aliphatic heterocycles. The van der Waals surface area contributed by atoms with Gasteiger partial charge in [0.15, 0.2) is 0 Å². The van der Waals surface area contributed by atoms with Crippen molar-refractivity contribution in [3.63, 3.8) is 0 Å². The molecule has 1 unspecified atom stereocenters. The van der Waals surface area contributed by atoms with Gasteiger partial charge in [-0.1, -0.05) is 29.3 Å². The molecule has 1 aliphatic rings. The smallest absolute Gasteiger partial charge is 0.246 e. The molecule has 1 fully saturated rings. The molecule has 5 heteroatoms. The lowest BCUT2D eigenvalue weighted by molar-refractivity contribution is -0.125. The largest absolute Gasteiger partial charge is 0.339 e. The van der Waals surface area contributed by atoms with Gasteiger partial charge in [0.2, 0.25) is 5.91 Å². The molecule has 2 N–H and O–H groups in total. The number of hydrogen-bond acceptors (Lipinski definition) is 2. The van der Waals surface area contributed by atoms with Crippen molar-refractivity contribution in [3.8, 4) is 0 Å². The van der Waals surface area contributed by atoms with E-state index >= 15 is 0 Å². The first-order valence-corrected chi connectivity index (χ1v) is 6.98. The average molecular weight is 299 g/mol. The number of nitrogens with zero attached hydrogens (tertiary/aromatic N) is 1. The summed E-state index contributed by atoms with van der Waals surface area (Å²) in [5.41, 5.74) is 6.28. The van der Waals surface area contributed by atoms with Gasteiger partial charge in [-0.15, -0.1) is 0 Å². The van der Waals surface area contributed by atoms with Crippen molar-refractivity contribution in [3.05, 3.63) is 39.9 Å². The Morgan fingerprint density at radius 3 is 2.68 bits per heavy atom. The number of carbonyl (C=O) groups is 1. The molecule has 3 nitrogen and oxygen atoms in total. The molecule has 0 saturated carbocycles. The summed E-state index contributed by atoms with van der Waals surface area (Å²) in [6.07, 6.45) is 4.16. The standard InChI is InChI=1S/C14H16Cl2N2O/c15-12-2-1-3-13(16)11(12)4-5-14(19)18-7-6-10(8-17)9-18/h1-5,10H,6-9,17H2/b5-4+. The van der Waals surface area contributed by atoms with Gasteiger partial charge in [0.1, 0.15) is 0 Å². The van der Waals surface area contributed by atoms with Crippen molar-refractivity contribution >= 4 is 35.2 Å². The first kappa shape index (κ1) is 14.4. The fourth-order valence-electron chi connectivity index (χ4n) is 2.16. The van der Waals surface area contributed by atoms with Gasteiger partial charge < -0.3 is 10.6 Å². The van der Waals surface area contributed by atoms with Gasteiger partial charge >= 0.3 is 0 Å². The molecule has 0 bridgehead atoms. The average Bonchev–Trinajstić information content (AvgIpc) is 2.86. The number of amides is 1. The highest BCUT2D eigenvalue weighted by molar-refractivity contribution is 6.37. The number of benzene rings is 1. The Balaban J connectivity index is 2.05. The van der Waals surface area contributed by atoms with Crippen LogP contribution in [0.5, 0.6) is 0 Å². The molecule has 1 amide bonds. The lowest BCUT2D eigenvalue weighted by atomic mass is 10.1. The molecule has 2 rings (SSSR count). The number of hydrogen-bond donors (Lipinski definition) is 1. The van der Waals surface area contributed by atoms with Crippen molar-refractivity contribution < 1.29 is 4.79 Å². The molecule has 1 heterocycles. The Kier molecular flexibility index (Phi) is 4.86. The minimum absolute atomic E-state index is 0.0214. The quantitative estimate of drug-likeness (QED) is 0.872. The van der Waals surface area contributed by atoms with Crippen LogP contribution in [0.2, 0.25) is 10.0 Å². The van der Waals surface area contributed by atoms with Crippen LogP contribution < -0.4 is 5.73 Å². The zero-order valence-electron chi connectivity index (χ0n) is 10.5. The van der Waals surface area contributed by atoms with E-state index in [1.54, 1.807) is 29.2 Å². The molecule has 0 radical (unpaired) electrons. The maximum atomic E-state index is 12.0. The Morgan fingerprint density at radius 2 is 2.11 bits per heavy atom.